The van der Waals surface area contributed by atoms with Crippen molar-refractivity contribution in [2.24, 2.45) is 0 Å². The average Bonchev–Trinajstić information content (AvgIpc) is 2.04. The summed E-state index contributed by atoms with van der Waals surface area (Å²) in [7, 11) is 0. The number of hydrogen-bond acceptors (Lipinski definition) is 1. The van der Waals surface area contributed by atoms with Crippen molar-refractivity contribution in [2.45, 2.75) is 12.6 Å². The molecule has 1 aliphatic carbocycles. The normalized spacial score (nSPS) is 22.6. The van der Waals surface area contributed by atoms with Gasteiger partial charge >= 0.3 is 0 Å². The first-order valence-corrected chi connectivity index (χ1v) is 3.51. The van der Waals surface area contributed by atoms with E-state index >= 15 is 0 Å². The highest BCUT2D eigenvalue weighted by Gasteiger charge is 2.04. The van der Waals surface area contributed by atoms with Crippen molar-refractivity contribution in [3.63, 3.8) is 0 Å². The van der Waals surface area contributed by atoms with Crippen LogP contribution in [0.25, 0.3) is 0 Å². The van der Waals surface area contributed by atoms with Crippen molar-refractivity contribution in [3.05, 3.63) is 23.8 Å². The second-order valence-corrected chi connectivity index (χ2v) is 2.39. The number of nitrogens with one attached hydrogen (secondary N) is 1. The molecule has 1 N–H and O–H groups in total. The largest absolute Gasteiger partial charge is 0.355 e. The van der Waals surface area contributed by atoms with Crippen molar-refractivity contribution >= 4 is 6.41 Å². The van der Waals surface area contributed by atoms with E-state index in [1.165, 1.54) is 6.08 Å². The molecule has 0 radical (unpaired) electrons. The third-order valence-corrected chi connectivity index (χ3v) is 1.51. The molecule has 60 valence electrons. The van der Waals surface area contributed by atoms with Crippen LogP contribution in [0.4, 0.5) is 4.39 Å². The third kappa shape index (κ3) is 2.53. The van der Waals surface area contributed by atoms with Crippen LogP contribution in [0.5, 0.6) is 0 Å². The van der Waals surface area contributed by atoms with Gasteiger partial charge in [-0.25, -0.2) is 4.39 Å². The molecular weight excluding hydrogens is 145 g/mol. The number of alkyl halides is 1. The lowest BCUT2D eigenvalue weighted by Gasteiger charge is -2.08. The van der Waals surface area contributed by atoms with Crippen LogP contribution in [0, 0.1) is 0 Å². The first-order chi connectivity index (χ1) is 5.33. The predicted molar refractivity (Wildman–Crippen MR) is 40.8 cm³/mol. The summed E-state index contributed by atoms with van der Waals surface area (Å²) in [5.74, 6) is 0. The van der Waals surface area contributed by atoms with Gasteiger partial charge in [0.15, 0.2) is 0 Å². The maximum absolute atomic E-state index is 12.5. The lowest BCUT2D eigenvalue weighted by molar-refractivity contribution is -0.109. The molecular formula is C8H10FNO. The third-order valence-electron chi connectivity index (χ3n) is 1.51. The van der Waals surface area contributed by atoms with Crippen LogP contribution in [-0.2, 0) is 4.79 Å². The Bertz CT molecular complexity index is 198. The predicted octanol–water partition coefficient (Wildman–Crippen LogP) is 0.957. The summed E-state index contributed by atoms with van der Waals surface area (Å²) in [6.45, 7) is 0.493. The van der Waals surface area contributed by atoms with Crippen LogP contribution in [0.2, 0.25) is 0 Å². The van der Waals surface area contributed by atoms with Crippen LogP contribution < -0.4 is 5.32 Å². The summed E-state index contributed by atoms with van der Waals surface area (Å²) in [5.41, 5.74) is 0.964. The molecule has 0 fully saturated rings. The molecule has 0 unspecified atom stereocenters. The van der Waals surface area contributed by atoms with Crippen molar-refractivity contribution < 1.29 is 9.18 Å². The maximum Gasteiger partial charge on any atom is 0.207 e. The fourth-order valence-corrected chi connectivity index (χ4v) is 0.929. The molecule has 0 aromatic carbocycles. The fraction of sp³-hybridized carbons (Fsp3) is 0.375. The zero-order valence-corrected chi connectivity index (χ0v) is 6.09. The SMILES string of the molecule is O=CNCC1=CC[C@H](F)C=C1. The van der Waals surface area contributed by atoms with Crippen LogP contribution in [0.15, 0.2) is 23.8 Å². The highest BCUT2D eigenvalue weighted by Crippen LogP contribution is 2.11. The van der Waals surface area contributed by atoms with Gasteiger partial charge < -0.3 is 5.32 Å². The minimum Gasteiger partial charge on any atom is -0.355 e. The monoisotopic (exact) mass is 155 g/mol. The minimum absolute atomic E-state index is 0.423. The van der Waals surface area contributed by atoms with E-state index < -0.39 is 6.17 Å². The Labute approximate surface area is 64.8 Å². The Balaban J connectivity index is 2.37. The molecule has 0 saturated heterocycles. The molecule has 11 heavy (non-hydrogen) atoms. The van der Waals surface area contributed by atoms with Gasteiger partial charge in [0, 0.05) is 13.0 Å². The number of carbonyl (C=O) groups excluding carboxylic acids is 1. The van der Waals surface area contributed by atoms with Gasteiger partial charge in [-0.1, -0.05) is 18.2 Å². The average molecular weight is 155 g/mol. The van der Waals surface area contributed by atoms with Crippen molar-refractivity contribution in [1.29, 1.82) is 0 Å². The van der Waals surface area contributed by atoms with E-state index in [4.69, 9.17) is 0 Å². The topological polar surface area (TPSA) is 29.1 Å². The lowest BCUT2D eigenvalue weighted by atomic mass is 10.1. The number of amides is 1. The Morgan fingerprint density at radius 3 is 3.18 bits per heavy atom. The highest BCUT2D eigenvalue weighted by atomic mass is 19.1. The highest BCUT2D eigenvalue weighted by molar-refractivity contribution is 5.47. The van der Waals surface area contributed by atoms with E-state index in [-0.39, 0.29) is 0 Å². The molecule has 1 aliphatic rings. The number of hydrogen-bond donors (Lipinski definition) is 1. The van der Waals surface area contributed by atoms with Crippen LogP contribution in [0.3, 0.4) is 0 Å². The van der Waals surface area contributed by atoms with Gasteiger partial charge in [0.1, 0.15) is 6.17 Å². The van der Waals surface area contributed by atoms with Gasteiger partial charge in [0.05, 0.1) is 0 Å². The molecule has 0 aromatic heterocycles. The Morgan fingerprint density at radius 2 is 2.64 bits per heavy atom. The molecule has 0 spiro atoms. The Morgan fingerprint density at radius 1 is 1.82 bits per heavy atom. The van der Waals surface area contributed by atoms with Crippen molar-refractivity contribution in [3.8, 4) is 0 Å². The smallest absolute Gasteiger partial charge is 0.207 e. The summed E-state index contributed by atoms with van der Waals surface area (Å²) >= 11 is 0. The van der Waals surface area contributed by atoms with Gasteiger partial charge in [0.25, 0.3) is 0 Å². The standard InChI is InChI=1S/C8H10FNO/c9-8-3-1-7(2-4-8)5-10-6-11/h1-3,6,8H,4-5H2,(H,10,11)/t8-/m1/s1. The number of halogens is 1. The van der Waals surface area contributed by atoms with E-state index in [0.717, 1.165) is 5.57 Å². The van der Waals surface area contributed by atoms with Gasteiger partial charge in [-0.05, 0) is 5.57 Å². The number of carbonyl (C=O) groups is 1. The molecule has 1 amide bonds. The summed E-state index contributed by atoms with van der Waals surface area (Å²) < 4.78 is 12.5. The zero-order chi connectivity index (χ0) is 8.10. The van der Waals surface area contributed by atoms with Crippen LogP contribution >= 0.6 is 0 Å². The lowest BCUT2D eigenvalue weighted by Crippen LogP contribution is -2.15. The van der Waals surface area contributed by atoms with Gasteiger partial charge in [-0.2, -0.15) is 0 Å². The second kappa shape index (κ2) is 3.91. The molecule has 0 aromatic rings. The van der Waals surface area contributed by atoms with Gasteiger partial charge in [0.2, 0.25) is 6.41 Å². The van der Waals surface area contributed by atoms with E-state index in [0.29, 0.717) is 19.4 Å². The van der Waals surface area contributed by atoms with E-state index in [9.17, 15) is 9.18 Å². The summed E-state index contributed by atoms with van der Waals surface area (Å²) in [6, 6.07) is 0. The molecule has 0 bridgehead atoms. The molecule has 1 rings (SSSR count). The summed E-state index contributed by atoms with van der Waals surface area (Å²) in [5, 5.41) is 2.51. The first-order valence-electron chi connectivity index (χ1n) is 3.51. The van der Waals surface area contributed by atoms with Gasteiger partial charge in [-0.3, -0.25) is 4.79 Å². The molecule has 1 atom stereocenters. The molecule has 0 aliphatic heterocycles. The first kappa shape index (κ1) is 7.98. The van der Waals surface area contributed by atoms with Crippen molar-refractivity contribution in [1.82, 2.24) is 5.32 Å². The summed E-state index contributed by atoms with van der Waals surface area (Å²) in [6.07, 6.45) is 5.20. The Kier molecular flexibility index (Phi) is 2.83. The molecule has 3 heteroatoms. The second-order valence-electron chi connectivity index (χ2n) is 2.39. The number of rotatable bonds is 3. The van der Waals surface area contributed by atoms with E-state index in [2.05, 4.69) is 5.32 Å². The van der Waals surface area contributed by atoms with Gasteiger partial charge in [-0.15, -0.1) is 0 Å². The van der Waals surface area contributed by atoms with E-state index in [1.54, 1.807) is 12.2 Å². The number of allylic oxidation sites excluding steroid dienone is 2. The summed E-state index contributed by atoms with van der Waals surface area (Å²) in [4.78, 5) is 9.88. The van der Waals surface area contributed by atoms with Crippen LogP contribution in [-0.4, -0.2) is 19.1 Å². The van der Waals surface area contributed by atoms with E-state index in [1.807, 2.05) is 0 Å². The molecule has 0 heterocycles. The Hall–Kier alpha value is -1.12. The minimum atomic E-state index is -0.852. The maximum atomic E-state index is 12.5. The van der Waals surface area contributed by atoms with Crippen LogP contribution in [0.1, 0.15) is 6.42 Å². The quantitative estimate of drug-likeness (QED) is 0.604. The zero-order valence-electron chi connectivity index (χ0n) is 6.09. The fourth-order valence-electron chi connectivity index (χ4n) is 0.929. The molecule has 2 nitrogen and oxygen atoms in total. The molecule has 0 saturated carbocycles. The van der Waals surface area contributed by atoms with Crippen molar-refractivity contribution in [2.75, 3.05) is 6.54 Å².